The number of hydrogen-bond donors (Lipinski definition) is 0. The highest BCUT2D eigenvalue weighted by atomic mass is 16.5. The number of fused-ring (bicyclic) bond motifs is 1. The molecule has 0 radical (unpaired) electrons. The van der Waals surface area contributed by atoms with Gasteiger partial charge in [0.2, 0.25) is 11.7 Å². The van der Waals surface area contributed by atoms with Crippen LogP contribution >= 0.6 is 0 Å². The molecule has 8 nitrogen and oxygen atoms in total. The van der Waals surface area contributed by atoms with E-state index in [0.717, 1.165) is 57.1 Å². The number of nitrogens with zero attached hydrogens (tertiary/aromatic N) is 7. The van der Waals surface area contributed by atoms with Crippen LogP contribution in [0.3, 0.4) is 0 Å². The summed E-state index contributed by atoms with van der Waals surface area (Å²) in [7, 11) is 0. The molecule has 2 aromatic heterocycles. The first-order valence-corrected chi connectivity index (χ1v) is 11.0. The van der Waals surface area contributed by atoms with Gasteiger partial charge < -0.3 is 9.09 Å². The van der Waals surface area contributed by atoms with Crippen molar-refractivity contribution < 1.29 is 4.52 Å². The SMILES string of the molecule is C[C@@H](c1nc(-c2ccccc2)no1)N1CCN(Cc2nnc3n2CCCCC3)CC1. The van der Waals surface area contributed by atoms with E-state index in [1.54, 1.807) is 0 Å². The van der Waals surface area contributed by atoms with Gasteiger partial charge in [0, 0.05) is 44.7 Å². The Morgan fingerprint density at radius 3 is 2.63 bits per heavy atom. The van der Waals surface area contributed by atoms with Crippen LogP contribution in [0.1, 0.15) is 49.8 Å². The molecule has 0 unspecified atom stereocenters. The van der Waals surface area contributed by atoms with Crippen molar-refractivity contribution in [2.75, 3.05) is 26.2 Å². The van der Waals surface area contributed by atoms with Crippen molar-refractivity contribution >= 4 is 0 Å². The molecule has 0 spiro atoms. The van der Waals surface area contributed by atoms with Gasteiger partial charge in [0.25, 0.3) is 0 Å². The van der Waals surface area contributed by atoms with Gasteiger partial charge >= 0.3 is 0 Å². The summed E-state index contributed by atoms with van der Waals surface area (Å²) in [5, 5.41) is 13.1. The number of aryl methyl sites for hydroxylation is 1. The molecule has 0 bridgehead atoms. The minimum atomic E-state index is 0.112. The van der Waals surface area contributed by atoms with E-state index in [2.05, 4.69) is 41.6 Å². The van der Waals surface area contributed by atoms with E-state index < -0.39 is 0 Å². The normalized spacial score (nSPS) is 19.4. The van der Waals surface area contributed by atoms with Crippen LogP contribution in [-0.4, -0.2) is 60.9 Å². The van der Waals surface area contributed by atoms with E-state index >= 15 is 0 Å². The fraction of sp³-hybridized carbons (Fsp3) is 0.545. The summed E-state index contributed by atoms with van der Waals surface area (Å²) >= 11 is 0. The number of piperazine rings is 1. The fourth-order valence-electron chi connectivity index (χ4n) is 4.44. The summed E-state index contributed by atoms with van der Waals surface area (Å²) in [4.78, 5) is 9.54. The van der Waals surface area contributed by atoms with Crippen LogP contribution in [-0.2, 0) is 19.5 Å². The van der Waals surface area contributed by atoms with Crippen LogP contribution in [0.5, 0.6) is 0 Å². The smallest absolute Gasteiger partial charge is 0.244 e. The predicted octanol–water partition coefficient (Wildman–Crippen LogP) is 2.93. The topological polar surface area (TPSA) is 76.1 Å². The van der Waals surface area contributed by atoms with E-state index in [0.29, 0.717) is 11.7 Å². The third-order valence-corrected chi connectivity index (χ3v) is 6.34. The predicted molar refractivity (Wildman–Crippen MR) is 113 cm³/mol. The summed E-state index contributed by atoms with van der Waals surface area (Å²) in [6.07, 6.45) is 4.82. The molecule has 8 heteroatoms. The molecule has 2 aliphatic rings. The highest BCUT2D eigenvalue weighted by molar-refractivity contribution is 5.53. The second kappa shape index (κ2) is 8.65. The van der Waals surface area contributed by atoms with Gasteiger partial charge in [0.1, 0.15) is 11.6 Å². The van der Waals surface area contributed by atoms with Gasteiger partial charge in [0.15, 0.2) is 0 Å². The molecule has 0 N–H and O–H groups in total. The summed E-state index contributed by atoms with van der Waals surface area (Å²) in [5.74, 6) is 3.63. The minimum absolute atomic E-state index is 0.112. The van der Waals surface area contributed by atoms with Crippen molar-refractivity contribution in [3.8, 4) is 11.4 Å². The Bertz CT molecular complexity index is 959. The van der Waals surface area contributed by atoms with Crippen molar-refractivity contribution in [2.24, 2.45) is 0 Å². The zero-order chi connectivity index (χ0) is 20.3. The Balaban J connectivity index is 1.18. The Labute approximate surface area is 176 Å². The van der Waals surface area contributed by atoms with Gasteiger partial charge in [-0.05, 0) is 19.8 Å². The van der Waals surface area contributed by atoms with Crippen molar-refractivity contribution in [1.29, 1.82) is 0 Å². The third-order valence-electron chi connectivity index (χ3n) is 6.34. The first kappa shape index (κ1) is 19.4. The molecular weight excluding hydrogens is 378 g/mol. The van der Waals surface area contributed by atoms with Crippen molar-refractivity contribution in [3.05, 3.63) is 47.9 Å². The highest BCUT2D eigenvalue weighted by Gasteiger charge is 2.27. The Morgan fingerprint density at radius 2 is 1.80 bits per heavy atom. The number of aromatic nitrogens is 5. The van der Waals surface area contributed by atoms with Gasteiger partial charge in [-0.25, -0.2) is 0 Å². The standard InChI is InChI=1S/C22H29N7O/c1-17(22-23-21(26-30-22)18-8-4-2-5-9-18)28-14-12-27(13-15-28)16-20-25-24-19-10-6-3-7-11-29(19)20/h2,4-5,8-9,17H,3,6-7,10-16H2,1H3/t17-/m0/s1. The van der Waals surface area contributed by atoms with Crippen molar-refractivity contribution in [3.63, 3.8) is 0 Å². The molecule has 30 heavy (non-hydrogen) atoms. The Hall–Kier alpha value is -2.58. The van der Waals surface area contributed by atoms with E-state index in [1.807, 2.05) is 30.3 Å². The lowest BCUT2D eigenvalue weighted by atomic mass is 10.2. The molecule has 1 saturated heterocycles. The van der Waals surface area contributed by atoms with E-state index in [1.165, 1.54) is 25.1 Å². The second-order valence-corrected chi connectivity index (χ2v) is 8.31. The van der Waals surface area contributed by atoms with Crippen LogP contribution in [0, 0.1) is 0 Å². The molecule has 158 valence electrons. The lowest BCUT2D eigenvalue weighted by Gasteiger charge is -2.36. The van der Waals surface area contributed by atoms with Crippen LogP contribution in [0.4, 0.5) is 0 Å². The summed E-state index contributed by atoms with van der Waals surface area (Å²) in [6, 6.07) is 10.1. The molecule has 1 fully saturated rings. The maximum atomic E-state index is 5.58. The average Bonchev–Trinajstić information content (AvgIpc) is 3.36. The number of hydrogen-bond acceptors (Lipinski definition) is 7. The lowest BCUT2D eigenvalue weighted by Crippen LogP contribution is -2.47. The maximum absolute atomic E-state index is 5.58. The fourth-order valence-corrected chi connectivity index (χ4v) is 4.44. The number of rotatable bonds is 5. The number of benzene rings is 1. The van der Waals surface area contributed by atoms with Crippen LogP contribution in [0.25, 0.3) is 11.4 Å². The van der Waals surface area contributed by atoms with Gasteiger partial charge in [-0.15, -0.1) is 10.2 Å². The van der Waals surface area contributed by atoms with Crippen LogP contribution in [0.2, 0.25) is 0 Å². The van der Waals surface area contributed by atoms with Gasteiger partial charge in [-0.2, -0.15) is 4.98 Å². The Morgan fingerprint density at radius 1 is 0.967 bits per heavy atom. The van der Waals surface area contributed by atoms with E-state index in [-0.39, 0.29) is 6.04 Å². The quantitative estimate of drug-likeness (QED) is 0.644. The molecule has 5 rings (SSSR count). The third kappa shape index (κ3) is 4.02. The summed E-state index contributed by atoms with van der Waals surface area (Å²) in [6.45, 7) is 8.06. The largest absolute Gasteiger partial charge is 0.337 e. The highest BCUT2D eigenvalue weighted by Crippen LogP contribution is 2.24. The van der Waals surface area contributed by atoms with Gasteiger partial charge in [-0.1, -0.05) is 41.9 Å². The zero-order valence-electron chi connectivity index (χ0n) is 17.6. The maximum Gasteiger partial charge on any atom is 0.244 e. The van der Waals surface area contributed by atoms with Crippen LogP contribution in [0.15, 0.2) is 34.9 Å². The average molecular weight is 408 g/mol. The first-order valence-electron chi connectivity index (χ1n) is 11.0. The first-order chi connectivity index (χ1) is 14.8. The molecule has 1 aromatic carbocycles. The molecule has 0 aliphatic carbocycles. The molecular formula is C22H29N7O. The Kier molecular flexibility index (Phi) is 5.59. The lowest BCUT2D eigenvalue weighted by molar-refractivity contribution is 0.0824. The second-order valence-electron chi connectivity index (χ2n) is 8.31. The molecule has 0 saturated carbocycles. The molecule has 3 aromatic rings. The van der Waals surface area contributed by atoms with E-state index in [4.69, 9.17) is 4.52 Å². The summed E-state index contributed by atoms with van der Waals surface area (Å²) < 4.78 is 7.93. The molecule has 0 amide bonds. The van der Waals surface area contributed by atoms with Crippen LogP contribution < -0.4 is 0 Å². The molecule has 1 atom stereocenters. The molecule has 4 heterocycles. The van der Waals surface area contributed by atoms with Gasteiger partial charge in [-0.3, -0.25) is 9.80 Å². The minimum Gasteiger partial charge on any atom is -0.337 e. The van der Waals surface area contributed by atoms with Crippen molar-refractivity contribution in [2.45, 2.75) is 51.7 Å². The monoisotopic (exact) mass is 407 g/mol. The summed E-state index contributed by atoms with van der Waals surface area (Å²) in [5.41, 5.74) is 0.983. The van der Waals surface area contributed by atoms with Crippen molar-refractivity contribution in [1.82, 2.24) is 34.7 Å². The zero-order valence-corrected chi connectivity index (χ0v) is 17.6. The van der Waals surface area contributed by atoms with Gasteiger partial charge in [0.05, 0.1) is 12.6 Å². The van der Waals surface area contributed by atoms with E-state index in [9.17, 15) is 0 Å². The molecule has 2 aliphatic heterocycles.